The van der Waals surface area contributed by atoms with Crippen LogP contribution in [0.25, 0.3) is 0 Å². The third-order valence-corrected chi connectivity index (χ3v) is 7.10. The molecule has 1 amide bonds. The Labute approximate surface area is 219 Å². The second-order valence-electron chi connectivity index (χ2n) is 8.44. The van der Waals surface area contributed by atoms with Gasteiger partial charge < -0.3 is 32.2 Å². The molecular formula is C25H26BrN3O6S. The topological polar surface area (TPSA) is 143 Å². The Morgan fingerprint density at radius 1 is 1.08 bits per heavy atom. The summed E-state index contributed by atoms with van der Waals surface area (Å²) < 4.78 is 35.3. The van der Waals surface area contributed by atoms with Gasteiger partial charge in [-0.1, -0.05) is 12.1 Å². The molecule has 0 spiro atoms. The molecule has 0 aliphatic heterocycles. The van der Waals surface area contributed by atoms with Gasteiger partial charge >= 0.3 is 0 Å². The van der Waals surface area contributed by atoms with E-state index in [1.807, 2.05) is 6.07 Å². The molecule has 2 aromatic carbocycles. The summed E-state index contributed by atoms with van der Waals surface area (Å²) in [5.74, 6) is 0.126. The highest BCUT2D eigenvalue weighted by Crippen LogP contribution is 2.37. The van der Waals surface area contributed by atoms with Crippen LogP contribution in [0.4, 0.5) is 0 Å². The lowest BCUT2D eigenvalue weighted by Crippen LogP contribution is -3.00. The highest BCUT2D eigenvalue weighted by molar-refractivity contribution is 7.89. The predicted octanol–water partition coefficient (Wildman–Crippen LogP) is -1.61. The van der Waals surface area contributed by atoms with Crippen molar-refractivity contribution in [1.82, 2.24) is 0 Å². The van der Waals surface area contributed by atoms with Gasteiger partial charge in [-0.25, -0.2) is 13.6 Å². The Bertz CT molecular complexity index is 1420. The zero-order valence-electron chi connectivity index (χ0n) is 19.7. The second kappa shape index (κ2) is 10.8. The number of nitrogens with zero attached hydrogens (tertiary/aromatic N) is 1. The quantitative estimate of drug-likeness (QED) is 0.309. The number of amides is 1. The SMILES string of the molecule is COc1cc2c(cc1OC)C(=O)C(Cc1cc[n+](Cc3ccc(S(N)(=O)=O)cc3)cc1C(N)=O)C2.[Br-]. The minimum absolute atomic E-state index is 0. The van der Waals surface area contributed by atoms with E-state index in [4.69, 9.17) is 20.3 Å². The summed E-state index contributed by atoms with van der Waals surface area (Å²) in [6, 6.07) is 11.5. The summed E-state index contributed by atoms with van der Waals surface area (Å²) in [5.41, 5.74) is 8.97. The van der Waals surface area contributed by atoms with Crippen LogP contribution in [0.2, 0.25) is 0 Å². The lowest BCUT2D eigenvalue weighted by atomic mass is 9.93. The molecule has 11 heteroatoms. The molecule has 1 aliphatic rings. The highest BCUT2D eigenvalue weighted by Gasteiger charge is 2.33. The molecule has 36 heavy (non-hydrogen) atoms. The van der Waals surface area contributed by atoms with Gasteiger partial charge in [0.2, 0.25) is 10.0 Å². The normalized spacial score (nSPS) is 14.6. The van der Waals surface area contributed by atoms with Crippen LogP contribution in [0.15, 0.2) is 59.8 Å². The Hall–Kier alpha value is -3.28. The number of hydrogen-bond donors (Lipinski definition) is 2. The summed E-state index contributed by atoms with van der Waals surface area (Å²) >= 11 is 0. The Balaban J connectivity index is 0.00000361. The van der Waals surface area contributed by atoms with Crippen LogP contribution in [0.3, 0.4) is 0 Å². The number of halogens is 1. The third kappa shape index (κ3) is 5.58. The van der Waals surface area contributed by atoms with E-state index < -0.39 is 15.9 Å². The molecular weight excluding hydrogens is 550 g/mol. The molecule has 0 saturated heterocycles. The molecule has 0 radical (unpaired) electrons. The van der Waals surface area contributed by atoms with E-state index in [1.165, 1.54) is 19.2 Å². The maximum Gasteiger partial charge on any atom is 0.255 e. The van der Waals surface area contributed by atoms with E-state index in [9.17, 15) is 18.0 Å². The molecule has 0 fully saturated rings. The number of ketones is 1. The van der Waals surface area contributed by atoms with Gasteiger partial charge in [-0.05, 0) is 48.2 Å². The highest BCUT2D eigenvalue weighted by atomic mass is 79.9. The van der Waals surface area contributed by atoms with Crippen LogP contribution in [-0.4, -0.2) is 34.3 Å². The molecule has 1 heterocycles. The molecule has 9 nitrogen and oxygen atoms in total. The van der Waals surface area contributed by atoms with E-state index in [-0.39, 0.29) is 33.6 Å². The summed E-state index contributed by atoms with van der Waals surface area (Å²) in [4.78, 5) is 25.3. The van der Waals surface area contributed by atoms with Gasteiger partial charge in [-0.2, -0.15) is 4.57 Å². The monoisotopic (exact) mass is 575 g/mol. The number of primary amides is 1. The number of Topliss-reactive ketones (excluding diaryl/α,β-unsaturated/α-hetero) is 1. The van der Waals surface area contributed by atoms with E-state index in [2.05, 4.69) is 0 Å². The fourth-order valence-electron chi connectivity index (χ4n) is 4.39. The molecule has 190 valence electrons. The number of pyridine rings is 1. The number of sulfonamides is 1. The van der Waals surface area contributed by atoms with Crippen molar-refractivity contribution < 1.29 is 49.0 Å². The van der Waals surface area contributed by atoms with Crippen molar-refractivity contribution >= 4 is 21.7 Å². The van der Waals surface area contributed by atoms with Gasteiger partial charge in [0.15, 0.2) is 36.2 Å². The van der Waals surface area contributed by atoms with Crippen LogP contribution in [0.1, 0.15) is 37.4 Å². The van der Waals surface area contributed by atoms with Crippen LogP contribution < -0.4 is 41.9 Å². The minimum Gasteiger partial charge on any atom is -1.00 e. The average Bonchev–Trinajstić information content (AvgIpc) is 3.12. The number of hydrogen-bond acceptors (Lipinski definition) is 6. The third-order valence-electron chi connectivity index (χ3n) is 6.17. The zero-order valence-corrected chi connectivity index (χ0v) is 22.1. The van der Waals surface area contributed by atoms with Crippen molar-refractivity contribution in [2.45, 2.75) is 24.3 Å². The van der Waals surface area contributed by atoms with Crippen LogP contribution >= 0.6 is 0 Å². The van der Waals surface area contributed by atoms with E-state index in [0.29, 0.717) is 47.6 Å². The molecule has 1 aromatic heterocycles. The zero-order chi connectivity index (χ0) is 25.3. The number of carbonyl (C=O) groups is 2. The average molecular weight is 576 g/mol. The van der Waals surface area contributed by atoms with E-state index in [0.717, 1.165) is 11.1 Å². The largest absolute Gasteiger partial charge is 1.00 e. The lowest BCUT2D eigenvalue weighted by Gasteiger charge is -2.11. The number of fused-ring (bicyclic) bond motifs is 1. The second-order valence-corrected chi connectivity index (χ2v) is 10.0. The van der Waals surface area contributed by atoms with E-state index >= 15 is 0 Å². The maximum atomic E-state index is 13.1. The van der Waals surface area contributed by atoms with Crippen molar-refractivity contribution in [1.29, 1.82) is 0 Å². The lowest BCUT2D eigenvalue weighted by molar-refractivity contribution is -0.688. The van der Waals surface area contributed by atoms with Crippen molar-refractivity contribution in [2.24, 2.45) is 16.8 Å². The number of primary sulfonamides is 1. The van der Waals surface area contributed by atoms with Gasteiger partial charge in [-0.15, -0.1) is 0 Å². The molecule has 0 saturated carbocycles. The fraction of sp³-hybridized carbons (Fsp3) is 0.240. The van der Waals surface area contributed by atoms with Crippen LogP contribution in [-0.2, 0) is 29.4 Å². The van der Waals surface area contributed by atoms with Gasteiger partial charge in [0.1, 0.15) is 5.56 Å². The van der Waals surface area contributed by atoms with Crippen molar-refractivity contribution in [3.8, 4) is 11.5 Å². The molecule has 0 bridgehead atoms. The molecule has 3 aromatic rings. The number of carbonyl (C=O) groups excluding carboxylic acids is 2. The molecule has 1 unspecified atom stereocenters. The number of nitrogens with two attached hydrogens (primary N) is 2. The van der Waals surface area contributed by atoms with Crippen LogP contribution in [0, 0.1) is 5.92 Å². The summed E-state index contributed by atoms with van der Waals surface area (Å²) in [6.45, 7) is 0.388. The van der Waals surface area contributed by atoms with Gasteiger partial charge in [-0.3, -0.25) is 9.59 Å². The van der Waals surface area contributed by atoms with Gasteiger partial charge in [0.25, 0.3) is 5.91 Å². The Kier molecular flexibility index (Phi) is 8.17. The minimum atomic E-state index is -3.77. The van der Waals surface area contributed by atoms with Crippen LogP contribution in [0.5, 0.6) is 11.5 Å². The molecule has 4 rings (SSSR count). The number of aromatic nitrogens is 1. The fourth-order valence-corrected chi connectivity index (χ4v) is 4.90. The molecule has 4 N–H and O–H groups in total. The standard InChI is InChI=1S/C25H25N3O6S.BrH/c1-33-22-11-17-10-18(24(29)20(17)12-23(22)34-2)9-16-7-8-28(14-21(16)25(26)30)13-15-3-5-19(6-4-15)35(27,31)32;/h3-8,11-12,14,18H,9-10,13H2,1-2H3,(H3-,26,27,30,31,32);1H. The van der Waals surface area contributed by atoms with Crippen molar-refractivity contribution in [2.75, 3.05) is 14.2 Å². The van der Waals surface area contributed by atoms with E-state index in [1.54, 1.807) is 48.3 Å². The van der Waals surface area contributed by atoms with Gasteiger partial charge in [0, 0.05) is 23.1 Å². The molecule has 1 atom stereocenters. The first kappa shape index (κ1) is 27.3. The summed E-state index contributed by atoms with van der Waals surface area (Å²) in [6.07, 6.45) is 4.33. The predicted molar refractivity (Wildman–Crippen MR) is 127 cm³/mol. The number of rotatable bonds is 8. The first-order valence-electron chi connectivity index (χ1n) is 10.8. The number of benzene rings is 2. The molecule has 1 aliphatic carbocycles. The Morgan fingerprint density at radius 3 is 2.31 bits per heavy atom. The van der Waals surface area contributed by atoms with Gasteiger partial charge in [0.05, 0.1) is 19.1 Å². The summed E-state index contributed by atoms with van der Waals surface area (Å²) in [5, 5.41) is 5.14. The summed E-state index contributed by atoms with van der Waals surface area (Å²) in [7, 11) is -0.701. The maximum absolute atomic E-state index is 13.1. The first-order valence-corrected chi connectivity index (χ1v) is 12.4. The van der Waals surface area contributed by atoms with Crippen molar-refractivity contribution in [3.63, 3.8) is 0 Å². The Morgan fingerprint density at radius 2 is 1.72 bits per heavy atom. The number of methoxy groups -OCH3 is 2. The smallest absolute Gasteiger partial charge is 0.255 e. The number of ether oxygens (including phenoxy) is 2. The first-order chi connectivity index (χ1) is 16.6. The van der Waals surface area contributed by atoms with Crippen molar-refractivity contribution in [3.05, 3.63) is 82.7 Å².